The van der Waals surface area contributed by atoms with Crippen LogP contribution in [0.4, 0.5) is 10.1 Å². The minimum absolute atomic E-state index is 0.292. The summed E-state index contributed by atoms with van der Waals surface area (Å²) in [6.45, 7) is 3.85. The molecule has 0 spiro atoms. The van der Waals surface area contributed by atoms with Crippen LogP contribution in [0.5, 0.6) is 5.75 Å². The van der Waals surface area contributed by atoms with Crippen molar-refractivity contribution in [2.75, 3.05) is 12.8 Å². The maximum absolute atomic E-state index is 13.9. The lowest BCUT2D eigenvalue weighted by Crippen LogP contribution is -2.04. The number of hydrogen-bond acceptors (Lipinski definition) is 4. The summed E-state index contributed by atoms with van der Waals surface area (Å²) in [5, 5.41) is 0. The van der Waals surface area contributed by atoms with Gasteiger partial charge in [0.05, 0.1) is 24.2 Å². The molecule has 3 rings (SSSR count). The standard InChI is InChI=1S/C17H17FN4O/c1-10-4-5-20-8-13(10)17-21-11(2)9-22(17)14-6-12(18)7-15(23-3)16(14)19/h4-9H,19H2,1-3H3. The number of benzene rings is 1. The van der Waals surface area contributed by atoms with Crippen LogP contribution in [-0.4, -0.2) is 21.6 Å². The van der Waals surface area contributed by atoms with Gasteiger partial charge in [0.1, 0.15) is 17.4 Å². The number of aryl methyl sites for hydroxylation is 2. The molecule has 0 aliphatic heterocycles. The maximum atomic E-state index is 13.9. The third-order valence-corrected chi connectivity index (χ3v) is 3.67. The molecule has 2 N–H and O–H groups in total. The predicted octanol–water partition coefficient (Wildman–Crippen LogP) is 3.28. The summed E-state index contributed by atoms with van der Waals surface area (Å²) < 4.78 is 20.8. The highest BCUT2D eigenvalue weighted by Gasteiger charge is 2.17. The van der Waals surface area contributed by atoms with Crippen LogP contribution in [0, 0.1) is 19.7 Å². The van der Waals surface area contributed by atoms with Crippen molar-refractivity contribution in [2.24, 2.45) is 0 Å². The fourth-order valence-corrected chi connectivity index (χ4v) is 2.52. The average Bonchev–Trinajstić information content (AvgIpc) is 2.91. The van der Waals surface area contributed by atoms with Crippen LogP contribution >= 0.6 is 0 Å². The summed E-state index contributed by atoms with van der Waals surface area (Å²) in [4.78, 5) is 8.70. The van der Waals surface area contributed by atoms with E-state index in [4.69, 9.17) is 10.5 Å². The molecule has 5 nitrogen and oxygen atoms in total. The number of rotatable bonds is 3. The van der Waals surface area contributed by atoms with Crippen molar-refractivity contribution < 1.29 is 9.13 Å². The van der Waals surface area contributed by atoms with E-state index in [1.807, 2.05) is 26.1 Å². The molecule has 0 unspecified atom stereocenters. The summed E-state index contributed by atoms with van der Waals surface area (Å²) in [6.07, 6.45) is 5.27. The van der Waals surface area contributed by atoms with Crippen molar-refractivity contribution in [1.29, 1.82) is 0 Å². The first-order chi connectivity index (χ1) is 11.0. The number of aromatic nitrogens is 3. The van der Waals surface area contributed by atoms with Gasteiger partial charge in [-0.15, -0.1) is 0 Å². The smallest absolute Gasteiger partial charge is 0.146 e. The van der Waals surface area contributed by atoms with Gasteiger partial charge in [-0.05, 0) is 25.5 Å². The molecule has 0 bridgehead atoms. The Balaban J connectivity index is 2.27. The van der Waals surface area contributed by atoms with Gasteiger partial charge in [-0.3, -0.25) is 9.55 Å². The molecule has 2 heterocycles. The van der Waals surface area contributed by atoms with Crippen LogP contribution in [0.25, 0.3) is 17.1 Å². The van der Waals surface area contributed by atoms with Crippen molar-refractivity contribution in [2.45, 2.75) is 13.8 Å². The van der Waals surface area contributed by atoms with Crippen LogP contribution in [0.2, 0.25) is 0 Å². The number of ether oxygens (including phenoxy) is 1. The van der Waals surface area contributed by atoms with E-state index in [9.17, 15) is 4.39 Å². The molecular formula is C17H17FN4O. The number of pyridine rings is 1. The number of hydrogen-bond donors (Lipinski definition) is 1. The molecule has 0 fully saturated rings. The third kappa shape index (κ3) is 2.63. The SMILES string of the molecule is COc1cc(F)cc(-n2cc(C)nc2-c2cnccc2C)c1N. The molecule has 0 amide bonds. The number of halogens is 1. The van der Waals surface area contributed by atoms with E-state index in [0.717, 1.165) is 16.8 Å². The molecule has 3 aromatic rings. The van der Waals surface area contributed by atoms with Gasteiger partial charge in [0.15, 0.2) is 0 Å². The molecule has 0 aliphatic rings. The van der Waals surface area contributed by atoms with E-state index in [-0.39, 0.29) is 0 Å². The Labute approximate surface area is 133 Å². The number of nitrogen functional groups attached to an aromatic ring is 1. The molecule has 0 aliphatic carbocycles. The van der Waals surface area contributed by atoms with Gasteiger partial charge in [-0.25, -0.2) is 9.37 Å². The van der Waals surface area contributed by atoms with Gasteiger partial charge >= 0.3 is 0 Å². The number of anilines is 1. The second-order valence-corrected chi connectivity index (χ2v) is 5.31. The monoisotopic (exact) mass is 312 g/mol. The Morgan fingerprint density at radius 3 is 2.74 bits per heavy atom. The molecule has 6 heteroatoms. The van der Waals surface area contributed by atoms with Gasteiger partial charge in [0.2, 0.25) is 0 Å². The highest BCUT2D eigenvalue weighted by Crippen LogP contribution is 2.33. The first-order valence-corrected chi connectivity index (χ1v) is 7.11. The molecule has 0 saturated carbocycles. The summed E-state index contributed by atoms with van der Waals surface area (Å²) in [7, 11) is 1.46. The fraction of sp³-hybridized carbons (Fsp3) is 0.176. The summed E-state index contributed by atoms with van der Waals surface area (Å²) in [5.41, 5.74) is 9.66. The highest BCUT2D eigenvalue weighted by molar-refractivity contribution is 5.71. The molecule has 0 radical (unpaired) electrons. The Morgan fingerprint density at radius 2 is 2.04 bits per heavy atom. The Hall–Kier alpha value is -2.89. The maximum Gasteiger partial charge on any atom is 0.146 e. The lowest BCUT2D eigenvalue weighted by molar-refractivity contribution is 0.413. The second kappa shape index (κ2) is 5.72. The molecule has 1 aromatic carbocycles. The molecule has 2 aromatic heterocycles. The zero-order chi connectivity index (χ0) is 16.6. The molecule has 0 atom stereocenters. The summed E-state index contributed by atoms with van der Waals surface area (Å²) in [5.74, 6) is 0.527. The summed E-state index contributed by atoms with van der Waals surface area (Å²) in [6, 6.07) is 4.53. The fourth-order valence-electron chi connectivity index (χ4n) is 2.52. The lowest BCUT2D eigenvalue weighted by atomic mass is 10.1. The van der Waals surface area contributed by atoms with Crippen molar-refractivity contribution in [1.82, 2.24) is 14.5 Å². The first-order valence-electron chi connectivity index (χ1n) is 7.11. The van der Waals surface area contributed by atoms with Crippen LogP contribution in [-0.2, 0) is 0 Å². The zero-order valence-electron chi connectivity index (χ0n) is 13.2. The number of nitrogens with zero attached hydrogens (tertiary/aromatic N) is 3. The minimum atomic E-state index is -0.425. The van der Waals surface area contributed by atoms with Gasteiger partial charge in [-0.1, -0.05) is 0 Å². The van der Waals surface area contributed by atoms with Crippen LogP contribution in [0.1, 0.15) is 11.3 Å². The van der Waals surface area contributed by atoms with Gasteiger partial charge in [-0.2, -0.15) is 0 Å². The zero-order valence-corrected chi connectivity index (χ0v) is 13.2. The van der Waals surface area contributed by atoms with E-state index >= 15 is 0 Å². The van der Waals surface area contributed by atoms with E-state index in [0.29, 0.717) is 22.9 Å². The van der Waals surface area contributed by atoms with E-state index in [2.05, 4.69) is 9.97 Å². The topological polar surface area (TPSA) is 66.0 Å². The van der Waals surface area contributed by atoms with Crippen molar-refractivity contribution in [3.8, 4) is 22.8 Å². The van der Waals surface area contributed by atoms with Gasteiger partial charge in [0, 0.05) is 36.3 Å². The molecule has 23 heavy (non-hydrogen) atoms. The van der Waals surface area contributed by atoms with Crippen molar-refractivity contribution in [3.05, 3.63) is 53.9 Å². The number of imidazole rings is 1. The largest absolute Gasteiger partial charge is 0.494 e. The predicted molar refractivity (Wildman–Crippen MR) is 87.2 cm³/mol. The van der Waals surface area contributed by atoms with Gasteiger partial charge < -0.3 is 10.5 Å². The Bertz CT molecular complexity index is 873. The normalized spacial score (nSPS) is 10.8. The van der Waals surface area contributed by atoms with Crippen LogP contribution < -0.4 is 10.5 Å². The van der Waals surface area contributed by atoms with E-state index < -0.39 is 5.82 Å². The van der Waals surface area contributed by atoms with Crippen molar-refractivity contribution in [3.63, 3.8) is 0 Å². The second-order valence-electron chi connectivity index (χ2n) is 5.31. The molecule has 118 valence electrons. The van der Waals surface area contributed by atoms with Gasteiger partial charge in [0.25, 0.3) is 0 Å². The third-order valence-electron chi connectivity index (χ3n) is 3.67. The highest BCUT2D eigenvalue weighted by atomic mass is 19.1. The van der Waals surface area contributed by atoms with Crippen LogP contribution in [0.3, 0.4) is 0 Å². The first kappa shape index (κ1) is 15.0. The van der Waals surface area contributed by atoms with E-state index in [1.165, 1.54) is 19.2 Å². The quantitative estimate of drug-likeness (QED) is 0.754. The molecule has 0 saturated heterocycles. The average molecular weight is 312 g/mol. The van der Waals surface area contributed by atoms with Crippen molar-refractivity contribution >= 4 is 5.69 Å². The molecular weight excluding hydrogens is 295 g/mol. The summed E-state index contributed by atoms with van der Waals surface area (Å²) >= 11 is 0. The Kier molecular flexibility index (Phi) is 3.73. The minimum Gasteiger partial charge on any atom is -0.494 e. The lowest BCUT2D eigenvalue weighted by Gasteiger charge is -2.14. The Morgan fingerprint density at radius 1 is 1.26 bits per heavy atom. The van der Waals surface area contributed by atoms with Crippen LogP contribution in [0.15, 0.2) is 36.8 Å². The number of nitrogens with two attached hydrogens (primary N) is 1. The number of methoxy groups -OCH3 is 1. The van der Waals surface area contributed by atoms with E-state index in [1.54, 1.807) is 17.0 Å².